The van der Waals surface area contributed by atoms with Crippen LogP contribution in [0.3, 0.4) is 0 Å². The number of rotatable bonds is 1. The van der Waals surface area contributed by atoms with E-state index < -0.39 is 0 Å². The highest BCUT2D eigenvalue weighted by Gasteiger charge is 2.43. The summed E-state index contributed by atoms with van der Waals surface area (Å²) in [7, 11) is 2.23. The van der Waals surface area contributed by atoms with Crippen LogP contribution in [0.5, 0.6) is 0 Å². The molecule has 1 amide bonds. The summed E-state index contributed by atoms with van der Waals surface area (Å²) in [6.07, 6.45) is 6.00. The molecule has 0 unspecified atom stereocenters. The van der Waals surface area contributed by atoms with E-state index in [4.69, 9.17) is 0 Å². The molecule has 1 aliphatic carbocycles. The maximum atomic E-state index is 12.2. The van der Waals surface area contributed by atoms with E-state index in [1.54, 1.807) is 0 Å². The predicted molar refractivity (Wildman–Crippen MR) is 69.1 cm³/mol. The highest BCUT2D eigenvalue weighted by atomic mass is 16.3. The van der Waals surface area contributed by atoms with Gasteiger partial charge in [-0.15, -0.1) is 0 Å². The van der Waals surface area contributed by atoms with E-state index in [0.29, 0.717) is 18.4 Å². The Bertz CT molecular complexity index is 331. The first-order chi connectivity index (χ1) is 8.61. The van der Waals surface area contributed by atoms with Crippen molar-refractivity contribution in [3.8, 4) is 0 Å². The fourth-order valence-electron chi connectivity index (χ4n) is 3.90. The van der Waals surface area contributed by atoms with Gasteiger partial charge in [0, 0.05) is 24.5 Å². The summed E-state index contributed by atoms with van der Waals surface area (Å²) in [6, 6.07) is 0. The van der Waals surface area contributed by atoms with Crippen molar-refractivity contribution in [2.45, 2.75) is 50.2 Å². The van der Waals surface area contributed by atoms with Crippen LogP contribution in [0.1, 0.15) is 38.5 Å². The van der Waals surface area contributed by atoms with Crippen molar-refractivity contribution in [2.75, 3.05) is 26.7 Å². The van der Waals surface area contributed by atoms with Crippen molar-refractivity contribution in [1.82, 2.24) is 9.80 Å². The molecule has 4 heteroatoms. The zero-order chi connectivity index (χ0) is 12.8. The Labute approximate surface area is 109 Å². The molecule has 1 spiro atoms. The summed E-state index contributed by atoms with van der Waals surface area (Å²) in [4.78, 5) is 16.7. The Morgan fingerprint density at radius 1 is 1.17 bits per heavy atom. The molecule has 1 saturated carbocycles. The molecule has 3 fully saturated rings. The molecule has 0 aromatic rings. The van der Waals surface area contributed by atoms with Gasteiger partial charge in [0.2, 0.25) is 5.91 Å². The number of carbonyl (C=O) groups is 1. The zero-order valence-corrected chi connectivity index (χ0v) is 11.3. The fourth-order valence-corrected chi connectivity index (χ4v) is 3.90. The lowest BCUT2D eigenvalue weighted by Gasteiger charge is -2.45. The first-order valence-electron chi connectivity index (χ1n) is 7.29. The monoisotopic (exact) mass is 252 g/mol. The summed E-state index contributed by atoms with van der Waals surface area (Å²) in [6.45, 7) is 3.04. The number of hydrogen-bond acceptors (Lipinski definition) is 3. The SMILES string of the molecule is CN1CCCC12CCN(C(=O)C1CC(O)C1)CC2. The Morgan fingerprint density at radius 2 is 1.83 bits per heavy atom. The largest absolute Gasteiger partial charge is 0.393 e. The number of carbonyl (C=O) groups excluding carboxylic acids is 1. The molecule has 0 radical (unpaired) electrons. The van der Waals surface area contributed by atoms with Crippen LogP contribution in [0.4, 0.5) is 0 Å². The van der Waals surface area contributed by atoms with Crippen LogP contribution in [-0.4, -0.2) is 59.1 Å². The Hall–Kier alpha value is -0.610. The molecule has 2 saturated heterocycles. The first-order valence-corrected chi connectivity index (χ1v) is 7.29. The molecule has 0 aromatic carbocycles. The van der Waals surface area contributed by atoms with Gasteiger partial charge >= 0.3 is 0 Å². The van der Waals surface area contributed by atoms with E-state index in [-0.39, 0.29) is 17.9 Å². The van der Waals surface area contributed by atoms with E-state index in [2.05, 4.69) is 11.9 Å². The maximum absolute atomic E-state index is 12.2. The van der Waals surface area contributed by atoms with Crippen LogP contribution >= 0.6 is 0 Å². The number of piperidine rings is 1. The van der Waals surface area contributed by atoms with Crippen LogP contribution in [0, 0.1) is 5.92 Å². The van der Waals surface area contributed by atoms with Crippen molar-refractivity contribution in [1.29, 1.82) is 0 Å². The number of nitrogens with zero attached hydrogens (tertiary/aromatic N) is 2. The molecule has 3 rings (SSSR count). The molecular weight excluding hydrogens is 228 g/mol. The number of aliphatic hydroxyl groups is 1. The van der Waals surface area contributed by atoms with Crippen LogP contribution in [-0.2, 0) is 4.79 Å². The third kappa shape index (κ3) is 1.95. The number of aliphatic hydroxyl groups excluding tert-OH is 1. The van der Waals surface area contributed by atoms with E-state index >= 15 is 0 Å². The zero-order valence-electron chi connectivity index (χ0n) is 11.3. The Morgan fingerprint density at radius 3 is 2.33 bits per heavy atom. The van der Waals surface area contributed by atoms with Gasteiger partial charge in [-0.25, -0.2) is 0 Å². The van der Waals surface area contributed by atoms with Crippen molar-refractivity contribution < 1.29 is 9.90 Å². The molecule has 2 heterocycles. The lowest BCUT2D eigenvalue weighted by Crippen LogP contribution is -2.54. The van der Waals surface area contributed by atoms with E-state index in [1.165, 1.54) is 19.4 Å². The summed E-state index contributed by atoms with van der Waals surface area (Å²) in [5.41, 5.74) is 0.385. The highest BCUT2D eigenvalue weighted by Crippen LogP contribution is 2.38. The van der Waals surface area contributed by atoms with E-state index in [9.17, 15) is 9.90 Å². The Balaban J connectivity index is 1.55. The van der Waals surface area contributed by atoms with Crippen LogP contribution < -0.4 is 0 Å². The fraction of sp³-hybridized carbons (Fsp3) is 0.929. The van der Waals surface area contributed by atoms with Gasteiger partial charge in [0.05, 0.1) is 6.10 Å². The summed E-state index contributed by atoms with van der Waals surface area (Å²) in [5, 5.41) is 9.29. The molecular formula is C14H24N2O2. The minimum Gasteiger partial charge on any atom is -0.393 e. The summed E-state index contributed by atoms with van der Waals surface area (Å²) < 4.78 is 0. The Kier molecular flexibility index (Phi) is 3.10. The topological polar surface area (TPSA) is 43.8 Å². The number of amides is 1. The average molecular weight is 252 g/mol. The molecule has 4 nitrogen and oxygen atoms in total. The molecule has 102 valence electrons. The second-order valence-electron chi connectivity index (χ2n) is 6.40. The van der Waals surface area contributed by atoms with Crippen molar-refractivity contribution in [3.63, 3.8) is 0 Å². The van der Waals surface area contributed by atoms with Crippen molar-refractivity contribution >= 4 is 5.91 Å². The summed E-state index contributed by atoms with van der Waals surface area (Å²) in [5.74, 6) is 0.395. The first kappa shape index (κ1) is 12.4. The molecule has 0 bridgehead atoms. The van der Waals surface area contributed by atoms with Crippen molar-refractivity contribution in [2.24, 2.45) is 5.92 Å². The molecule has 1 N–H and O–H groups in total. The van der Waals surface area contributed by atoms with E-state index in [1.807, 2.05) is 4.90 Å². The van der Waals surface area contributed by atoms with Gasteiger partial charge in [0.1, 0.15) is 0 Å². The molecule has 3 aliphatic rings. The minimum atomic E-state index is -0.226. The van der Waals surface area contributed by atoms with Gasteiger partial charge in [0.25, 0.3) is 0 Å². The smallest absolute Gasteiger partial charge is 0.225 e. The van der Waals surface area contributed by atoms with Crippen LogP contribution in [0.25, 0.3) is 0 Å². The molecule has 2 aliphatic heterocycles. The standard InChI is InChI=1S/C14H24N2O2/c1-15-6-2-3-14(15)4-7-16(8-5-14)13(18)11-9-12(17)10-11/h11-12,17H,2-10H2,1H3. The van der Waals surface area contributed by atoms with Crippen LogP contribution in [0.15, 0.2) is 0 Å². The number of hydrogen-bond donors (Lipinski definition) is 1. The maximum Gasteiger partial charge on any atom is 0.225 e. The van der Waals surface area contributed by atoms with Crippen LogP contribution in [0.2, 0.25) is 0 Å². The van der Waals surface area contributed by atoms with Gasteiger partial charge in [-0.3, -0.25) is 4.79 Å². The molecule has 0 aromatic heterocycles. The van der Waals surface area contributed by atoms with Gasteiger partial charge in [-0.05, 0) is 52.1 Å². The quantitative estimate of drug-likeness (QED) is 0.752. The second-order valence-corrected chi connectivity index (χ2v) is 6.40. The normalized spacial score (nSPS) is 35.8. The minimum absolute atomic E-state index is 0.107. The predicted octanol–water partition coefficient (Wildman–Crippen LogP) is 0.844. The third-order valence-electron chi connectivity index (χ3n) is 5.41. The highest BCUT2D eigenvalue weighted by molar-refractivity contribution is 5.80. The summed E-state index contributed by atoms with van der Waals surface area (Å²) >= 11 is 0. The lowest BCUT2D eigenvalue weighted by atomic mass is 9.80. The van der Waals surface area contributed by atoms with Gasteiger partial charge in [-0.1, -0.05) is 0 Å². The third-order valence-corrected chi connectivity index (χ3v) is 5.41. The lowest BCUT2D eigenvalue weighted by molar-refractivity contribution is -0.144. The molecule has 18 heavy (non-hydrogen) atoms. The number of likely N-dealkylation sites (tertiary alicyclic amines) is 2. The van der Waals surface area contributed by atoms with Crippen molar-refractivity contribution in [3.05, 3.63) is 0 Å². The van der Waals surface area contributed by atoms with Gasteiger partial charge in [-0.2, -0.15) is 0 Å². The van der Waals surface area contributed by atoms with Gasteiger partial charge < -0.3 is 14.9 Å². The average Bonchev–Trinajstić information content (AvgIpc) is 2.67. The second kappa shape index (κ2) is 4.49. The van der Waals surface area contributed by atoms with E-state index in [0.717, 1.165) is 25.9 Å². The molecule has 0 atom stereocenters. The van der Waals surface area contributed by atoms with Gasteiger partial charge in [0.15, 0.2) is 0 Å².